The fraction of sp³-hybridized carbons (Fsp3) is 0.600. The molecule has 1 saturated carbocycles. The number of nitrogen functional groups attached to an aromatic ring is 1. The number of primary sulfonamides is 1. The Labute approximate surface area is 127 Å². The molecule has 0 aromatic heterocycles. The Morgan fingerprint density at radius 3 is 2.33 bits per heavy atom. The molecule has 0 aliphatic heterocycles. The van der Waals surface area contributed by atoms with Crippen LogP contribution in [0.25, 0.3) is 0 Å². The fourth-order valence-electron chi connectivity index (χ4n) is 2.97. The van der Waals surface area contributed by atoms with Crippen molar-refractivity contribution in [3.63, 3.8) is 0 Å². The molecule has 0 heterocycles. The van der Waals surface area contributed by atoms with Crippen LogP contribution in [0.15, 0.2) is 23.1 Å². The van der Waals surface area contributed by atoms with Crippen LogP contribution in [0.3, 0.4) is 0 Å². The lowest BCUT2D eigenvalue weighted by Crippen LogP contribution is -2.37. The maximum Gasteiger partial charge on any atom is 0.238 e. The third-order valence-electron chi connectivity index (χ3n) is 4.57. The van der Waals surface area contributed by atoms with Gasteiger partial charge in [-0.25, -0.2) is 13.6 Å². The summed E-state index contributed by atoms with van der Waals surface area (Å²) in [5.74, 6) is 0. The van der Waals surface area contributed by atoms with E-state index in [-0.39, 0.29) is 4.90 Å². The van der Waals surface area contributed by atoms with Gasteiger partial charge in [0.2, 0.25) is 10.0 Å². The Morgan fingerprint density at radius 2 is 1.81 bits per heavy atom. The highest BCUT2D eigenvalue weighted by molar-refractivity contribution is 7.89. The van der Waals surface area contributed by atoms with Crippen LogP contribution in [0.5, 0.6) is 0 Å². The first-order valence-electron chi connectivity index (χ1n) is 7.25. The number of benzene rings is 1. The summed E-state index contributed by atoms with van der Waals surface area (Å²) in [5, 5.41) is 5.20. The topological polar surface area (TPSA) is 89.4 Å². The van der Waals surface area contributed by atoms with Crippen molar-refractivity contribution in [1.29, 1.82) is 0 Å². The molecule has 6 heteroatoms. The molecule has 0 atom stereocenters. The van der Waals surface area contributed by atoms with Gasteiger partial charge in [0.05, 0.1) is 16.3 Å². The number of anilines is 2. The van der Waals surface area contributed by atoms with Crippen molar-refractivity contribution in [3.05, 3.63) is 18.2 Å². The average Bonchev–Trinajstić information content (AvgIpc) is 2.37. The van der Waals surface area contributed by atoms with Crippen LogP contribution in [-0.4, -0.2) is 21.5 Å². The first-order valence-corrected chi connectivity index (χ1v) is 8.80. The van der Waals surface area contributed by atoms with Crippen LogP contribution >= 0.6 is 0 Å². The summed E-state index contributed by atoms with van der Waals surface area (Å²) in [6, 6.07) is 5.02. The molecule has 4 N–H and O–H groups in total. The molecule has 1 aliphatic rings. The molecule has 21 heavy (non-hydrogen) atoms. The van der Waals surface area contributed by atoms with Gasteiger partial charge in [0.25, 0.3) is 0 Å². The summed E-state index contributed by atoms with van der Waals surface area (Å²) >= 11 is 0. The van der Waals surface area contributed by atoms with Crippen molar-refractivity contribution in [2.75, 3.05) is 17.7 Å². The van der Waals surface area contributed by atoms with Crippen LogP contribution in [0, 0.1) is 5.41 Å². The normalized spacial score (nSPS) is 19.4. The van der Waals surface area contributed by atoms with Gasteiger partial charge in [-0.05, 0) is 49.3 Å². The highest BCUT2D eigenvalue weighted by Gasteiger charge is 2.29. The fourth-order valence-corrected chi connectivity index (χ4v) is 3.51. The van der Waals surface area contributed by atoms with Gasteiger partial charge in [-0.3, -0.25) is 0 Å². The lowest BCUT2D eigenvalue weighted by Gasteiger charge is -2.40. The SMILES string of the molecule is CN(c1cc(S(N)(=O)=O)ccc1N)C1CCC(C)(C)CC1. The second kappa shape index (κ2) is 5.50. The number of rotatable bonds is 3. The Morgan fingerprint density at radius 1 is 1.24 bits per heavy atom. The molecule has 5 nitrogen and oxygen atoms in total. The third-order valence-corrected chi connectivity index (χ3v) is 5.48. The molecule has 1 fully saturated rings. The quantitative estimate of drug-likeness (QED) is 0.838. The summed E-state index contributed by atoms with van der Waals surface area (Å²) in [5.41, 5.74) is 7.73. The molecular formula is C15H25N3O2S. The molecule has 2 rings (SSSR count). The highest BCUT2D eigenvalue weighted by Crippen LogP contribution is 2.38. The van der Waals surface area contributed by atoms with Gasteiger partial charge in [0.1, 0.15) is 0 Å². The molecule has 0 unspecified atom stereocenters. The van der Waals surface area contributed by atoms with E-state index in [4.69, 9.17) is 10.9 Å². The van der Waals surface area contributed by atoms with E-state index < -0.39 is 10.0 Å². The highest BCUT2D eigenvalue weighted by atomic mass is 32.2. The molecule has 0 saturated heterocycles. The molecule has 0 bridgehead atoms. The molecule has 1 aromatic carbocycles. The van der Waals surface area contributed by atoms with E-state index in [9.17, 15) is 8.42 Å². The summed E-state index contributed by atoms with van der Waals surface area (Å²) < 4.78 is 23.0. The summed E-state index contributed by atoms with van der Waals surface area (Å²) in [7, 11) is -1.73. The number of nitrogens with zero attached hydrogens (tertiary/aromatic N) is 1. The van der Waals surface area contributed by atoms with Crippen molar-refractivity contribution in [1.82, 2.24) is 0 Å². The summed E-state index contributed by atoms with van der Waals surface area (Å²) in [6.07, 6.45) is 4.50. The molecule has 1 aliphatic carbocycles. The maximum atomic E-state index is 11.5. The minimum atomic E-state index is -3.71. The zero-order chi connectivity index (χ0) is 15.8. The zero-order valence-electron chi connectivity index (χ0n) is 13.0. The molecule has 0 spiro atoms. The van der Waals surface area contributed by atoms with E-state index in [0.29, 0.717) is 17.1 Å². The Balaban J connectivity index is 2.25. The van der Waals surface area contributed by atoms with Crippen molar-refractivity contribution >= 4 is 21.4 Å². The Kier molecular flexibility index (Phi) is 4.22. The number of hydrogen-bond acceptors (Lipinski definition) is 4. The van der Waals surface area contributed by atoms with E-state index >= 15 is 0 Å². The van der Waals surface area contributed by atoms with Gasteiger partial charge in [-0.15, -0.1) is 0 Å². The Hall–Kier alpha value is -1.27. The predicted molar refractivity (Wildman–Crippen MR) is 86.7 cm³/mol. The predicted octanol–water partition coefficient (Wildman–Crippen LogP) is 2.32. The van der Waals surface area contributed by atoms with Gasteiger partial charge in [-0.2, -0.15) is 0 Å². The maximum absolute atomic E-state index is 11.5. The second-order valence-electron chi connectivity index (χ2n) is 6.77. The largest absolute Gasteiger partial charge is 0.397 e. The Bertz CT molecular complexity index is 616. The minimum Gasteiger partial charge on any atom is -0.397 e. The van der Waals surface area contributed by atoms with E-state index in [1.807, 2.05) is 7.05 Å². The lowest BCUT2D eigenvalue weighted by atomic mass is 9.75. The number of sulfonamides is 1. The van der Waals surface area contributed by atoms with Gasteiger partial charge in [0, 0.05) is 13.1 Å². The van der Waals surface area contributed by atoms with Gasteiger partial charge < -0.3 is 10.6 Å². The molecule has 1 aromatic rings. The average molecular weight is 311 g/mol. The molecule has 118 valence electrons. The standard InChI is InChI=1S/C15H25N3O2S/c1-15(2)8-6-11(7-9-15)18(3)14-10-12(21(17,19)20)4-5-13(14)16/h4-5,10-11H,6-9,16H2,1-3H3,(H2,17,19,20). The summed E-state index contributed by atoms with van der Waals surface area (Å²) in [4.78, 5) is 2.20. The van der Waals surface area contributed by atoms with E-state index in [1.165, 1.54) is 6.07 Å². The smallest absolute Gasteiger partial charge is 0.238 e. The molecule has 0 amide bonds. The van der Waals surface area contributed by atoms with Crippen LogP contribution in [-0.2, 0) is 10.0 Å². The second-order valence-corrected chi connectivity index (χ2v) is 8.33. The van der Waals surface area contributed by atoms with Gasteiger partial charge in [-0.1, -0.05) is 13.8 Å². The van der Waals surface area contributed by atoms with Gasteiger partial charge in [0.15, 0.2) is 0 Å². The van der Waals surface area contributed by atoms with Crippen molar-refractivity contribution < 1.29 is 8.42 Å². The van der Waals surface area contributed by atoms with Crippen LogP contribution in [0.1, 0.15) is 39.5 Å². The minimum absolute atomic E-state index is 0.106. The molecule has 0 radical (unpaired) electrons. The van der Waals surface area contributed by atoms with Crippen molar-refractivity contribution in [2.45, 2.75) is 50.5 Å². The molecular weight excluding hydrogens is 286 g/mol. The van der Waals surface area contributed by atoms with Crippen LogP contribution < -0.4 is 15.8 Å². The summed E-state index contributed by atoms with van der Waals surface area (Å²) in [6.45, 7) is 4.58. The number of nitrogens with two attached hydrogens (primary N) is 2. The van der Waals surface area contributed by atoms with Gasteiger partial charge >= 0.3 is 0 Å². The zero-order valence-corrected chi connectivity index (χ0v) is 13.8. The van der Waals surface area contributed by atoms with E-state index in [1.54, 1.807) is 12.1 Å². The third kappa shape index (κ3) is 3.68. The van der Waals surface area contributed by atoms with E-state index in [0.717, 1.165) is 31.4 Å². The number of hydrogen-bond donors (Lipinski definition) is 2. The monoisotopic (exact) mass is 311 g/mol. The van der Waals surface area contributed by atoms with Crippen LogP contribution in [0.4, 0.5) is 11.4 Å². The first-order chi connectivity index (χ1) is 9.60. The van der Waals surface area contributed by atoms with E-state index in [2.05, 4.69) is 18.7 Å². The van der Waals surface area contributed by atoms with Crippen LogP contribution in [0.2, 0.25) is 0 Å². The van der Waals surface area contributed by atoms with Crippen molar-refractivity contribution in [2.24, 2.45) is 10.6 Å². The van der Waals surface area contributed by atoms with Crippen molar-refractivity contribution in [3.8, 4) is 0 Å². The lowest BCUT2D eigenvalue weighted by molar-refractivity contribution is 0.222. The first kappa shape index (κ1) is 16.1.